The second-order valence-electron chi connectivity index (χ2n) is 9.05. The monoisotopic (exact) mass is 516 g/mol. The third kappa shape index (κ3) is 12.6. The minimum absolute atomic E-state index is 0.0904. The maximum absolute atomic E-state index is 11.8. The first-order valence-electron chi connectivity index (χ1n) is 11.2. The molecule has 0 bridgehead atoms. The van der Waals surface area contributed by atoms with Crippen LogP contribution >= 0.6 is 22.6 Å². The van der Waals surface area contributed by atoms with Crippen molar-refractivity contribution in [1.29, 1.82) is 0 Å². The van der Waals surface area contributed by atoms with Crippen LogP contribution in [0.5, 0.6) is 0 Å². The number of alkyl halides is 1. The minimum Gasteiger partial charge on any atom is -0.461 e. The topological polar surface area (TPSA) is 35.5 Å². The van der Waals surface area contributed by atoms with E-state index in [1.165, 1.54) is 37.7 Å². The van der Waals surface area contributed by atoms with Gasteiger partial charge in [0.25, 0.3) is 0 Å². The van der Waals surface area contributed by atoms with Gasteiger partial charge in [0.15, 0.2) is 0 Å². The van der Waals surface area contributed by atoms with E-state index in [1.54, 1.807) is 0 Å². The molecule has 1 saturated carbocycles. The summed E-state index contributed by atoms with van der Waals surface area (Å²) in [6.45, 7) is 10.6. The van der Waals surface area contributed by atoms with Crippen molar-refractivity contribution in [2.75, 3.05) is 4.43 Å². The fourth-order valence-corrected chi connectivity index (χ4v) is 3.81. The summed E-state index contributed by atoms with van der Waals surface area (Å²) >= 11 is 2.06. The minimum atomic E-state index is -0.182. The molecule has 29 heavy (non-hydrogen) atoms. The van der Waals surface area contributed by atoms with E-state index in [-0.39, 0.29) is 29.7 Å². The van der Waals surface area contributed by atoms with Crippen LogP contribution in [-0.2, 0) is 14.3 Å². The summed E-state index contributed by atoms with van der Waals surface area (Å²) in [5, 5.41) is 0. The molecule has 1 aliphatic carbocycles. The molecule has 1 fully saturated rings. The zero-order valence-electron chi connectivity index (χ0n) is 19.1. The third-order valence-electron chi connectivity index (χ3n) is 5.00. The van der Waals surface area contributed by atoms with E-state index in [1.807, 2.05) is 0 Å². The van der Waals surface area contributed by atoms with Crippen molar-refractivity contribution in [3.8, 4) is 0 Å². The Bertz CT molecular complexity index is 557. The van der Waals surface area contributed by atoms with Crippen LogP contribution < -0.4 is 0 Å². The molecule has 3 atom stereocenters. The van der Waals surface area contributed by atoms with Crippen LogP contribution in [0.3, 0.4) is 0 Å². The van der Waals surface area contributed by atoms with Gasteiger partial charge in [-0.15, -0.1) is 0 Å². The van der Waals surface area contributed by atoms with Gasteiger partial charge < -0.3 is 9.47 Å². The average molecular weight is 517 g/mol. The van der Waals surface area contributed by atoms with E-state index >= 15 is 0 Å². The highest BCUT2D eigenvalue weighted by atomic mass is 127. The Morgan fingerprint density at radius 1 is 1.14 bits per heavy atom. The molecule has 0 N–H and O–H groups in total. The number of rotatable bonds is 12. The summed E-state index contributed by atoms with van der Waals surface area (Å²) in [7, 11) is 0. The predicted molar refractivity (Wildman–Crippen MR) is 132 cm³/mol. The molecule has 0 aromatic heterocycles. The lowest BCUT2D eigenvalue weighted by molar-refractivity contribution is -0.147. The first kappa shape index (κ1) is 26.4. The van der Waals surface area contributed by atoms with Crippen LogP contribution in [0.2, 0.25) is 0 Å². The summed E-state index contributed by atoms with van der Waals surface area (Å²) in [5.41, 5.74) is 1.03. The van der Waals surface area contributed by atoms with Gasteiger partial charge in [0.1, 0.15) is 6.10 Å². The van der Waals surface area contributed by atoms with Crippen molar-refractivity contribution in [3.63, 3.8) is 0 Å². The van der Waals surface area contributed by atoms with Crippen molar-refractivity contribution >= 4 is 28.6 Å². The Balaban J connectivity index is 2.56. The van der Waals surface area contributed by atoms with Crippen molar-refractivity contribution < 1.29 is 14.3 Å². The molecule has 0 aromatic carbocycles. The largest absolute Gasteiger partial charge is 0.461 e. The number of hydrogen-bond donors (Lipinski definition) is 0. The Morgan fingerprint density at radius 2 is 1.86 bits per heavy atom. The van der Waals surface area contributed by atoms with Crippen LogP contribution in [-0.4, -0.2) is 28.2 Å². The van der Waals surface area contributed by atoms with Gasteiger partial charge in [-0.25, -0.2) is 0 Å². The highest BCUT2D eigenvalue weighted by molar-refractivity contribution is 14.1. The van der Waals surface area contributed by atoms with Crippen LogP contribution in [0.15, 0.2) is 36.0 Å². The van der Waals surface area contributed by atoms with E-state index in [9.17, 15) is 4.79 Å². The fraction of sp³-hybridized carbons (Fsp3) is 0.720. The summed E-state index contributed by atoms with van der Waals surface area (Å²) in [6.07, 6.45) is 20.4. The maximum atomic E-state index is 11.8. The lowest BCUT2D eigenvalue weighted by atomic mass is 10.0. The van der Waals surface area contributed by atoms with Gasteiger partial charge in [-0.3, -0.25) is 4.79 Å². The number of ether oxygens (including phenoxy) is 2. The SMILES string of the molecule is CCCCCCC/C=C/C=C(C)/C=C/[C@H]1C[C@@H](OC(C)(C)C)C[C@@H]1OC(=O)CI. The van der Waals surface area contributed by atoms with Gasteiger partial charge >= 0.3 is 5.97 Å². The summed E-state index contributed by atoms with van der Waals surface area (Å²) in [4.78, 5) is 11.8. The third-order valence-corrected chi connectivity index (χ3v) is 5.62. The van der Waals surface area contributed by atoms with Gasteiger partial charge in [-0.1, -0.05) is 91.2 Å². The van der Waals surface area contributed by atoms with Gasteiger partial charge in [-0.05, 0) is 47.0 Å². The molecule has 0 heterocycles. The molecule has 0 saturated heterocycles. The smallest absolute Gasteiger partial charge is 0.316 e. The molecule has 1 rings (SSSR count). The average Bonchev–Trinajstić information content (AvgIpc) is 3.01. The quantitative estimate of drug-likeness (QED) is 0.0895. The molecule has 0 radical (unpaired) electrons. The van der Waals surface area contributed by atoms with Gasteiger partial charge in [-0.2, -0.15) is 0 Å². The van der Waals surface area contributed by atoms with E-state index in [2.05, 4.69) is 87.6 Å². The standard InChI is InChI=1S/C25H41IO3/c1-6-7-8-9-10-11-12-13-14-20(2)15-16-21-17-22(29-25(3,4)5)18-23(21)28-24(27)19-26/h12-16,21-23H,6-11,17-19H2,1-5H3/b13-12+,16-15+,20-14+/t21-,22+,23-/m0/s1. The van der Waals surface area contributed by atoms with Crippen molar-refractivity contribution in [3.05, 3.63) is 36.0 Å². The highest BCUT2D eigenvalue weighted by Crippen LogP contribution is 2.34. The molecule has 4 heteroatoms. The van der Waals surface area contributed by atoms with Gasteiger partial charge in [0.05, 0.1) is 16.1 Å². The molecule has 1 aliphatic rings. The van der Waals surface area contributed by atoms with Crippen LogP contribution in [0.25, 0.3) is 0 Å². The van der Waals surface area contributed by atoms with Crippen molar-refractivity contribution in [1.82, 2.24) is 0 Å². The fourth-order valence-electron chi connectivity index (χ4n) is 3.63. The van der Waals surface area contributed by atoms with Crippen LogP contribution in [0.1, 0.15) is 86.0 Å². The Labute approximate surface area is 192 Å². The number of unbranched alkanes of at least 4 members (excludes halogenated alkanes) is 5. The van der Waals surface area contributed by atoms with E-state index in [0.717, 1.165) is 19.3 Å². The molecular formula is C25H41IO3. The Kier molecular flexibility index (Phi) is 13.1. The van der Waals surface area contributed by atoms with Crippen molar-refractivity contribution in [2.45, 2.75) is 104 Å². The zero-order valence-corrected chi connectivity index (χ0v) is 21.2. The van der Waals surface area contributed by atoms with Gasteiger partial charge in [0.2, 0.25) is 0 Å². The second kappa shape index (κ2) is 14.4. The number of halogens is 1. The highest BCUT2D eigenvalue weighted by Gasteiger charge is 2.37. The molecule has 3 nitrogen and oxygen atoms in total. The zero-order chi connectivity index (χ0) is 21.7. The van der Waals surface area contributed by atoms with E-state index in [4.69, 9.17) is 9.47 Å². The number of carbonyl (C=O) groups is 1. The first-order chi connectivity index (χ1) is 13.7. The molecule has 0 aromatic rings. The number of esters is 1. The number of carbonyl (C=O) groups excluding carboxylic acids is 1. The number of hydrogen-bond acceptors (Lipinski definition) is 3. The molecule has 0 amide bonds. The lowest BCUT2D eigenvalue weighted by Crippen LogP contribution is -2.26. The maximum Gasteiger partial charge on any atom is 0.316 e. The molecule has 0 spiro atoms. The number of allylic oxidation sites excluding steroid dienone is 5. The molecule has 0 aliphatic heterocycles. The molecule has 166 valence electrons. The normalized spacial score (nSPS) is 23.4. The Hall–Kier alpha value is -0.620. The molecular weight excluding hydrogens is 475 g/mol. The predicted octanol–water partition coefficient (Wildman–Crippen LogP) is 7.35. The summed E-state index contributed by atoms with van der Waals surface area (Å²) in [5.74, 6) is 0.0692. The van der Waals surface area contributed by atoms with E-state index < -0.39 is 0 Å². The Morgan fingerprint density at radius 3 is 2.52 bits per heavy atom. The summed E-state index contributed by atoms with van der Waals surface area (Å²) in [6, 6.07) is 0. The first-order valence-corrected chi connectivity index (χ1v) is 12.7. The van der Waals surface area contributed by atoms with Crippen LogP contribution in [0.4, 0.5) is 0 Å². The van der Waals surface area contributed by atoms with Crippen molar-refractivity contribution in [2.24, 2.45) is 5.92 Å². The van der Waals surface area contributed by atoms with Crippen LogP contribution in [0, 0.1) is 5.92 Å². The lowest BCUT2D eigenvalue weighted by Gasteiger charge is -2.24. The summed E-state index contributed by atoms with van der Waals surface area (Å²) < 4.78 is 12.2. The second-order valence-corrected chi connectivity index (χ2v) is 9.81. The molecule has 0 unspecified atom stereocenters. The van der Waals surface area contributed by atoms with E-state index in [0.29, 0.717) is 4.43 Å². The van der Waals surface area contributed by atoms with Gasteiger partial charge in [0, 0.05) is 12.3 Å².